The number of carbonyl (C=O) groups is 3. The number of hydrogen-bond acceptors (Lipinski definition) is 10. The monoisotopic (exact) mass is 714 g/mol. The fraction of sp³-hybridized carbons (Fsp3) is 0.382. The summed E-state index contributed by atoms with van der Waals surface area (Å²) in [5.41, 5.74) is 1.56. The minimum atomic E-state index is -4.27. The molecule has 3 aromatic heterocycles. The third-order valence-electron chi connectivity index (χ3n) is 9.54. The van der Waals surface area contributed by atoms with Crippen LogP contribution in [0.25, 0.3) is 10.1 Å². The van der Waals surface area contributed by atoms with E-state index in [-0.39, 0.29) is 30.3 Å². The first kappa shape index (κ1) is 33.9. The van der Waals surface area contributed by atoms with E-state index in [1.54, 1.807) is 64.7 Å². The number of benzene rings is 1. The average molecular weight is 715 g/mol. The number of aromatic nitrogens is 3. The second-order valence-electron chi connectivity index (χ2n) is 13.0. The summed E-state index contributed by atoms with van der Waals surface area (Å²) >= 11 is 1.23. The van der Waals surface area contributed by atoms with E-state index in [2.05, 4.69) is 31.2 Å². The minimum Gasteiger partial charge on any atom is -0.339 e. The summed E-state index contributed by atoms with van der Waals surface area (Å²) in [6.45, 7) is 2.10. The van der Waals surface area contributed by atoms with Crippen LogP contribution in [0, 0.1) is 11.3 Å². The van der Waals surface area contributed by atoms with Gasteiger partial charge in [0.05, 0.1) is 17.6 Å². The highest BCUT2D eigenvalue weighted by Crippen LogP contribution is 2.40. The fourth-order valence-corrected chi connectivity index (χ4v) is 8.73. The highest BCUT2D eigenvalue weighted by Gasteiger charge is 2.48. The summed E-state index contributed by atoms with van der Waals surface area (Å²) in [5.74, 6) is -0.274. The average Bonchev–Trinajstić information content (AvgIpc) is 3.69. The normalized spacial score (nSPS) is 21.6. The van der Waals surface area contributed by atoms with Gasteiger partial charge in [-0.2, -0.15) is 5.26 Å². The Morgan fingerprint density at radius 3 is 2.60 bits per heavy atom. The van der Waals surface area contributed by atoms with Gasteiger partial charge in [-0.25, -0.2) is 15.0 Å². The molecular formula is C34H35N8O6PS. The van der Waals surface area contributed by atoms with Crippen molar-refractivity contribution < 1.29 is 28.7 Å². The van der Waals surface area contributed by atoms with Gasteiger partial charge in [0, 0.05) is 60.9 Å². The Labute approximate surface area is 291 Å². The zero-order valence-electron chi connectivity index (χ0n) is 27.0. The van der Waals surface area contributed by atoms with Crippen LogP contribution in [0.2, 0.25) is 0 Å². The molecule has 1 aromatic carbocycles. The van der Waals surface area contributed by atoms with Gasteiger partial charge in [-0.3, -0.25) is 23.8 Å². The Bertz CT molecular complexity index is 2030. The van der Waals surface area contributed by atoms with E-state index in [0.717, 1.165) is 10.4 Å². The number of amides is 3. The maximum absolute atomic E-state index is 14.5. The lowest BCUT2D eigenvalue weighted by Crippen LogP contribution is -2.62. The van der Waals surface area contributed by atoms with E-state index in [1.807, 2.05) is 6.07 Å². The van der Waals surface area contributed by atoms with Crippen molar-refractivity contribution >= 4 is 46.7 Å². The molecule has 3 N–H and O–H groups in total. The molecule has 0 radical (unpaired) electrons. The van der Waals surface area contributed by atoms with E-state index < -0.39 is 31.7 Å². The molecule has 0 unspecified atom stereocenters. The van der Waals surface area contributed by atoms with Gasteiger partial charge in [-0.15, -0.1) is 11.3 Å². The Kier molecular flexibility index (Phi) is 9.47. The quantitative estimate of drug-likeness (QED) is 0.227. The van der Waals surface area contributed by atoms with E-state index in [0.29, 0.717) is 72.8 Å². The molecule has 16 heteroatoms. The van der Waals surface area contributed by atoms with Crippen molar-refractivity contribution in [3.8, 4) is 6.07 Å². The van der Waals surface area contributed by atoms with E-state index >= 15 is 0 Å². The van der Waals surface area contributed by atoms with Crippen LogP contribution in [-0.2, 0) is 26.9 Å². The summed E-state index contributed by atoms with van der Waals surface area (Å²) < 4.78 is 12.3. The molecule has 3 saturated heterocycles. The van der Waals surface area contributed by atoms with E-state index in [1.165, 1.54) is 11.3 Å². The molecule has 6 heterocycles. The SMILES string of the molecule is N#Cc1cccc(C2CN(C(=O)[C@@H]3CC[C@@H]4CCN(Cc5ncccn5)C[C@H](NC(=O)c5cc6cc(CP(=O)(O)O)ccc6s5)C(=O)N43)C2)n1. The zero-order valence-corrected chi connectivity index (χ0v) is 28.7. The second kappa shape index (κ2) is 14.0. The van der Waals surface area contributed by atoms with E-state index in [4.69, 9.17) is 0 Å². The molecule has 0 saturated carbocycles. The number of nitrogens with one attached hydrogen (secondary N) is 1. The van der Waals surface area contributed by atoms with Crippen LogP contribution in [0.1, 0.15) is 57.6 Å². The lowest BCUT2D eigenvalue weighted by atomic mass is 9.94. The molecule has 3 atom stereocenters. The zero-order chi connectivity index (χ0) is 35.0. The van der Waals surface area contributed by atoms with Crippen LogP contribution in [0.15, 0.2) is 60.9 Å². The van der Waals surface area contributed by atoms with Gasteiger partial charge in [0.15, 0.2) is 0 Å². The van der Waals surface area contributed by atoms with Crippen LogP contribution in [-0.4, -0.2) is 101 Å². The first-order valence-corrected chi connectivity index (χ1v) is 19.0. The Morgan fingerprint density at radius 2 is 1.84 bits per heavy atom. The molecule has 258 valence electrons. The number of fused-ring (bicyclic) bond motifs is 2. The van der Waals surface area contributed by atoms with Crippen LogP contribution in [0.4, 0.5) is 0 Å². The van der Waals surface area contributed by atoms with Crippen LogP contribution >= 0.6 is 18.9 Å². The van der Waals surface area contributed by atoms with Crippen molar-refractivity contribution in [2.24, 2.45) is 0 Å². The number of nitriles is 1. The third-order valence-corrected chi connectivity index (χ3v) is 11.4. The molecule has 14 nitrogen and oxygen atoms in total. The van der Waals surface area contributed by atoms with Gasteiger partial charge >= 0.3 is 7.60 Å². The number of nitrogens with zero attached hydrogens (tertiary/aromatic N) is 7. The van der Waals surface area contributed by atoms with Gasteiger partial charge < -0.3 is 24.9 Å². The molecule has 3 aliphatic heterocycles. The summed E-state index contributed by atoms with van der Waals surface area (Å²) in [6.07, 6.45) is 4.76. The largest absolute Gasteiger partial charge is 0.339 e. The Balaban J connectivity index is 1.10. The van der Waals surface area contributed by atoms with Crippen molar-refractivity contribution in [1.82, 2.24) is 35.0 Å². The maximum Gasteiger partial charge on any atom is 0.329 e. The summed E-state index contributed by atoms with van der Waals surface area (Å²) in [5, 5.41) is 12.9. The van der Waals surface area contributed by atoms with Gasteiger partial charge in [0.2, 0.25) is 11.8 Å². The van der Waals surface area contributed by atoms with Crippen LogP contribution in [0.5, 0.6) is 0 Å². The maximum atomic E-state index is 14.5. The number of hydrogen-bond donors (Lipinski definition) is 3. The minimum absolute atomic E-state index is 0.0162. The van der Waals surface area contributed by atoms with Crippen LogP contribution in [0.3, 0.4) is 0 Å². The van der Waals surface area contributed by atoms with Gasteiger partial charge in [0.25, 0.3) is 5.91 Å². The van der Waals surface area contributed by atoms with Crippen molar-refractivity contribution in [3.05, 3.63) is 88.6 Å². The first-order chi connectivity index (χ1) is 24.0. The predicted molar refractivity (Wildman–Crippen MR) is 183 cm³/mol. The number of pyridine rings is 1. The van der Waals surface area contributed by atoms with Crippen molar-refractivity contribution in [3.63, 3.8) is 0 Å². The van der Waals surface area contributed by atoms with Gasteiger partial charge in [-0.05, 0) is 66.6 Å². The Morgan fingerprint density at radius 1 is 1.04 bits per heavy atom. The number of rotatable bonds is 8. The molecule has 7 rings (SSSR count). The Hall–Kier alpha value is -4.58. The molecular weight excluding hydrogens is 679 g/mol. The lowest BCUT2D eigenvalue weighted by molar-refractivity contribution is -0.150. The van der Waals surface area contributed by atoms with Crippen molar-refractivity contribution in [1.29, 1.82) is 5.26 Å². The lowest BCUT2D eigenvalue weighted by Gasteiger charge is -2.43. The topological polar surface area (TPSA) is 193 Å². The first-order valence-electron chi connectivity index (χ1n) is 16.4. The van der Waals surface area contributed by atoms with E-state index in [9.17, 15) is 34.0 Å². The fourth-order valence-electron chi connectivity index (χ4n) is 7.11. The third kappa shape index (κ3) is 7.31. The smallest absolute Gasteiger partial charge is 0.329 e. The molecule has 3 aliphatic rings. The summed E-state index contributed by atoms with van der Waals surface area (Å²) in [4.78, 5) is 79.9. The van der Waals surface area contributed by atoms with Crippen molar-refractivity contribution in [2.45, 2.75) is 56.0 Å². The highest BCUT2D eigenvalue weighted by molar-refractivity contribution is 7.50. The molecule has 3 fully saturated rings. The summed E-state index contributed by atoms with van der Waals surface area (Å²) in [7, 11) is -4.27. The molecule has 4 aromatic rings. The van der Waals surface area contributed by atoms with Gasteiger partial charge in [-0.1, -0.05) is 12.1 Å². The molecule has 0 aliphatic carbocycles. The molecule has 0 spiro atoms. The van der Waals surface area contributed by atoms with Crippen molar-refractivity contribution in [2.75, 3.05) is 26.2 Å². The van der Waals surface area contributed by atoms with Crippen LogP contribution < -0.4 is 5.32 Å². The predicted octanol–water partition coefficient (Wildman–Crippen LogP) is 2.63. The molecule has 3 amide bonds. The summed E-state index contributed by atoms with van der Waals surface area (Å²) in [6, 6.07) is 14.0. The number of likely N-dealkylation sites (tertiary alicyclic amines) is 1. The number of thiophene rings is 1. The molecule has 0 bridgehead atoms. The molecule has 50 heavy (non-hydrogen) atoms. The second-order valence-corrected chi connectivity index (χ2v) is 15.7. The number of carbonyl (C=O) groups excluding carboxylic acids is 3. The standard InChI is InChI=1S/C34H35N8O6PS/c35-15-24-3-1-4-26(38-24)23-16-41(17-23)34(45)28-7-6-25-9-12-40(19-31-36-10-2-11-37-31)18-27(33(44)42(25)28)39-32(43)30-14-22-13-21(20-49(46,47)48)5-8-29(22)50-30/h1-5,8,10-11,13-14,23,25,27-28H,6-7,9,12,16-20H2,(H,39,43)(H2,46,47,48)/t25-,27+,28+/m1/s1. The highest BCUT2D eigenvalue weighted by atomic mass is 32.1. The van der Waals surface area contributed by atoms with Gasteiger partial charge in [0.1, 0.15) is 29.7 Å².